The maximum atomic E-state index is 12.5. The van der Waals surface area contributed by atoms with E-state index in [1.807, 2.05) is 11.8 Å². The predicted octanol–water partition coefficient (Wildman–Crippen LogP) is 1.42. The largest absolute Gasteiger partial charge is 0.339 e. The summed E-state index contributed by atoms with van der Waals surface area (Å²) in [6.45, 7) is 1.96. The fourth-order valence-electron chi connectivity index (χ4n) is 2.84. The van der Waals surface area contributed by atoms with Gasteiger partial charge in [-0.05, 0) is 18.0 Å². The minimum atomic E-state index is -0.295. The average Bonchev–Trinajstić information content (AvgIpc) is 2.39. The Balaban J connectivity index is 2.09. The number of rotatable bonds is 2. The number of aromatic nitrogens is 2. The molecule has 1 atom stereocenters. The Kier molecular flexibility index (Phi) is 3.12. The van der Waals surface area contributed by atoms with Crippen LogP contribution in [0, 0.1) is 0 Å². The van der Waals surface area contributed by atoms with Crippen LogP contribution in [-0.4, -0.2) is 40.8 Å². The Hall–Kier alpha value is -1.69. The van der Waals surface area contributed by atoms with E-state index in [0.29, 0.717) is 30.8 Å². The SMILES string of the molecule is CC[C@@H]1C(=O)N(C)c2cnc(Cl)nc2N1C1CC(=O)C1. The molecule has 20 heavy (non-hydrogen) atoms. The zero-order chi connectivity index (χ0) is 14.4. The molecule has 1 amide bonds. The minimum Gasteiger partial charge on any atom is -0.339 e. The van der Waals surface area contributed by atoms with Gasteiger partial charge in [-0.15, -0.1) is 0 Å². The van der Waals surface area contributed by atoms with Crippen LogP contribution in [0.25, 0.3) is 0 Å². The van der Waals surface area contributed by atoms with Gasteiger partial charge in [-0.1, -0.05) is 6.92 Å². The monoisotopic (exact) mass is 294 g/mol. The minimum absolute atomic E-state index is 0.00488. The molecule has 3 rings (SSSR count). The molecule has 2 heterocycles. The number of fused-ring (bicyclic) bond motifs is 1. The van der Waals surface area contributed by atoms with Gasteiger partial charge in [0.15, 0.2) is 5.82 Å². The van der Waals surface area contributed by atoms with Gasteiger partial charge in [0.25, 0.3) is 0 Å². The van der Waals surface area contributed by atoms with Gasteiger partial charge in [-0.25, -0.2) is 4.98 Å². The highest BCUT2D eigenvalue weighted by molar-refractivity contribution is 6.28. The molecule has 1 aliphatic carbocycles. The van der Waals surface area contributed by atoms with Crippen molar-refractivity contribution >= 4 is 34.8 Å². The molecule has 0 saturated heterocycles. The lowest BCUT2D eigenvalue weighted by Crippen LogP contribution is -2.59. The van der Waals surface area contributed by atoms with Gasteiger partial charge < -0.3 is 9.80 Å². The molecule has 6 nitrogen and oxygen atoms in total. The first kappa shape index (κ1) is 13.3. The summed E-state index contributed by atoms with van der Waals surface area (Å²) < 4.78 is 0. The zero-order valence-electron chi connectivity index (χ0n) is 11.3. The standard InChI is InChI=1S/C13H15ClN4O2/c1-3-9-12(20)17(2)10-6-15-13(14)16-11(10)18(9)7-4-8(19)5-7/h6-7,9H,3-5H2,1-2H3/t9-/m1/s1. The van der Waals surface area contributed by atoms with Crippen LogP contribution in [0.4, 0.5) is 11.5 Å². The summed E-state index contributed by atoms with van der Waals surface area (Å²) in [6, 6.07) is -0.258. The van der Waals surface area contributed by atoms with Crippen LogP contribution in [0.1, 0.15) is 26.2 Å². The molecule has 0 unspecified atom stereocenters. The number of ketones is 1. The molecule has 1 aliphatic heterocycles. The number of carbonyl (C=O) groups is 2. The molecule has 106 valence electrons. The molecule has 1 fully saturated rings. The smallest absolute Gasteiger partial charge is 0.249 e. The van der Waals surface area contributed by atoms with E-state index in [2.05, 4.69) is 9.97 Å². The van der Waals surface area contributed by atoms with Gasteiger partial charge in [0, 0.05) is 25.9 Å². The number of Topliss-reactive ketones (excluding diaryl/α,β-unsaturated/α-hetero) is 1. The second kappa shape index (κ2) is 4.70. The number of likely N-dealkylation sites (N-methyl/N-ethyl adjacent to an activating group) is 1. The number of hydrogen-bond acceptors (Lipinski definition) is 5. The first-order valence-corrected chi connectivity index (χ1v) is 7.00. The van der Waals surface area contributed by atoms with Crippen molar-refractivity contribution in [3.8, 4) is 0 Å². The number of halogens is 1. The van der Waals surface area contributed by atoms with Crippen molar-refractivity contribution < 1.29 is 9.59 Å². The number of amides is 1. The Bertz CT molecular complexity index is 584. The molecule has 0 spiro atoms. The van der Waals surface area contributed by atoms with E-state index in [0.717, 1.165) is 0 Å². The predicted molar refractivity (Wildman–Crippen MR) is 75.0 cm³/mol. The molecule has 0 bridgehead atoms. The molecule has 1 saturated carbocycles. The van der Waals surface area contributed by atoms with Crippen molar-refractivity contribution in [1.29, 1.82) is 0 Å². The second-order valence-corrected chi connectivity index (χ2v) is 5.52. The summed E-state index contributed by atoms with van der Waals surface area (Å²) in [4.78, 5) is 35.5. The van der Waals surface area contributed by atoms with E-state index in [9.17, 15) is 9.59 Å². The molecule has 0 radical (unpaired) electrons. The van der Waals surface area contributed by atoms with Crippen LogP contribution in [0.15, 0.2) is 6.20 Å². The molecule has 2 aliphatic rings. The third kappa shape index (κ3) is 1.86. The van der Waals surface area contributed by atoms with Crippen LogP contribution in [0.2, 0.25) is 5.28 Å². The summed E-state index contributed by atoms with van der Waals surface area (Å²) in [5, 5.41) is 0.150. The van der Waals surface area contributed by atoms with Crippen LogP contribution in [0.5, 0.6) is 0 Å². The summed E-state index contributed by atoms with van der Waals surface area (Å²) in [5.41, 5.74) is 0.642. The lowest BCUT2D eigenvalue weighted by molar-refractivity contribution is -0.126. The highest BCUT2D eigenvalue weighted by atomic mass is 35.5. The summed E-state index contributed by atoms with van der Waals surface area (Å²) in [5.74, 6) is 0.875. The Morgan fingerprint density at radius 2 is 2.10 bits per heavy atom. The molecule has 1 aromatic rings. The van der Waals surface area contributed by atoms with Crippen molar-refractivity contribution in [3.05, 3.63) is 11.5 Å². The second-order valence-electron chi connectivity index (χ2n) is 5.18. The van der Waals surface area contributed by atoms with Gasteiger partial charge in [0.05, 0.1) is 6.20 Å². The van der Waals surface area contributed by atoms with Crippen LogP contribution >= 0.6 is 11.6 Å². The van der Waals surface area contributed by atoms with Gasteiger partial charge in [-0.3, -0.25) is 9.59 Å². The highest BCUT2D eigenvalue weighted by Crippen LogP contribution is 2.39. The average molecular weight is 295 g/mol. The quantitative estimate of drug-likeness (QED) is 0.772. The van der Waals surface area contributed by atoms with E-state index in [1.165, 1.54) is 0 Å². The molecule has 7 heteroatoms. The topological polar surface area (TPSA) is 66.4 Å². The van der Waals surface area contributed by atoms with Gasteiger partial charge in [-0.2, -0.15) is 4.98 Å². The Morgan fingerprint density at radius 1 is 1.40 bits per heavy atom. The third-order valence-corrected chi connectivity index (χ3v) is 4.17. The number of nitrogens with zero attached hydrogens (tertiary/aromatic N) is 4. The zero-order valence-corrected chi connectivity index (χ0v) is 12.1. The van der Waals surface area contributed by atoms with Crippen molar-refractivity contribution in [3.63, 3.8) is 0 Å². The van der Waals surface area contributed by atoms with E-state index < -0.39 is 0 Å². The molecular weight excluding hydrogens is 280 g/mol. The summed E-state index contributed by atoms with van der Waals surface area (Å²) in [7, 11) is 1.71. The summed E-state index contributed by atoms with van der Waals surface area (Å²) in [6.07, 6.45) is 3.15. The van der Waals surface area contributed by atoms with Gasteiger partial charge >= 0.3 is 0 Å². The summed E-state index contributed by atoms with van der Waals surface area (Å²) >= 11 is 5.89. The normalized spacial score (nSPS) is 22.9. The molecule has 0 N–H and O–H groups in total. The fraction of sp³-hybridized carbons (Fsp3) is 0.538. The van der Waals surface area contributed by atoms with E-state index >= 15 is 0 Å². The fourth-order valence-corrected chi connectivity index (χ4v) is 2.97. The Labute approximate surface area is 121 Å². The number of hydrogen-bond donors (Lipinski definition) is 0. The van der Waals surface area contributed by atoms with Crippen LogP contribution < -0.4 is 9.80 Å². The van der Waals surface area contributed by atoms with E-state index in [1.54, 1.807) is 18.1 Å². The van der Waals surface area contributed by atoms with Crippen molar-refractivity contribution in [2.45, 2.75) is 38.3 Å². The first-order valence-electron chi connectivity index (χ1n) is 6.63. The number of carbonyl (C=O) groups excluding carboxylic acids is 2. The van der Waals surface area contributed by atoms with E-state index in [-0.39, 0.29) is 29.1 Å². The van der Waals surface area contributed by atoms with Gasteiger partial charge in [0.2, 0.25) is 11.2 Å². The lowest BCUT2D eigenvalue weighted by atomic mass is 9.87. The van der Waals surface area contributed by atoms with Crippen LogP contribution in [0.3, 0.4) is 0 Å². The van der Waals surface area contributed by atoms with Crippen molar-refractivity contribution in [2.75, 3.05) is 16.8 Å². The van der Waals surface area contributed by atoms with Crippen molar-refractivity contribution in [1.82, 2.24) is 9.97 Å². The first-order chi connectivity index (χ1) is 9.52. The van der Waals surface area contributed by atoms with Crippen molar-refractivity contribution in [2.24, 2.45) is 0 Å². The van der Waals surface area contributed by atoms with E-state index in [4.69, 9.17) is 11.6 Å². The molecular formula is C13H15ClN4O2. The Morgan fingerprint density at radius 3 is 2.70 bits per heavy atom. The maximum absolute atomic E-state index is 12.5. The van der Waals surface area contributed by atoms with Crippen LogP contribution in [-0.2, 0) is 9.59 Å². The third-order valence-electron chi connectivity index (χ3n) is 3.98. The van der Waals surface area contributed by atoms with Gasteiger partial charge in [0.1, 0.15) is 17.5 Å². The maximum Gasteiger partial charge on any atom is 0.249 e. The lowest BCUT2D eigenvalue weighted by Gasteiger charge is -2.46. The molecule has 1 aromatic heterocycles. The highest BCUT2D eigenvalue weighted by Gasteiger charge is 2.44. The molecule has 0 aromatic carbocycles. The number of anilines is 2.